The molecule has 0 bridgehead atoms. The fourth-order valence-corrected chi connectivity index (χ4v) is 5.54. The molecule has 5 atom stereocenters. The molecule has 7 nitrogen and oxygen atoms in total. The number of rotatable bonds is 4. The molecule has 3 aromatic rings. The number of allylic oxidation sites excluding steroid dienone is 1. The molecule has 2 aliphatic rings. The van der Waals surface area contributed by atoms with Crippen molar-refractivity contribution in [2.24, 2.45) is 17.8 Å². The van der Waals surface area contributed by atoms with Crippen LogP contribution >= 0.6 is 0 Å². The van der Waals surface area contributed by atoms with Gasteiger partial charge in [-0.1, -0.05) is 42.5 Å². The molecule has 0 radical (unpaired) electrons. The predicted molar refractivity (Wildman–Crippen MR) is 123 cm³/mol. The summed E-state index contributed by atoms with van der Waals surface area (Å²) in [7, 11) is 0. The molecular formula is C26H23F2N5O2. The first kappa shape index (κ1) is 22.8. The number of pyridine rings is 1. The van der Waals surface area contributed by atoms with Crippen LogP contribution in [-0.4, -0.2) is 38.0 Å². The van der Waals surface area contributed by atoms with E-state index in [4.69, 9.17) is 4.74 Å². The van der Waals surface area contributed by atoms with Crippen LogP contribution in [0, 0.1) is 29.1 Å². The first-order chi connectivity index (χ1) is 16.8. The third-order valence-corrected chi connectivity index (χ3v) is 7.33. The summed E-state index contributed by atoms with van der Waals surface area (Å²) >= 11 is 0. The molecule has 0 unspecified atom stereocenters. The Hall–Kier alpha value is -3.93. The SMILES string of the molecule is C[C@H]1OC(=O)[C@]2(n3ccnn3)CC(F)(F)[C@@H](C)[C@H](/C=C/c3ccc(-c4ccccc4C#N)cn3)[C@H]12. The highest BCUT2D eigenvalue weighted by molar-refractivity contribution is 5.82. The van der Waals surface area contributed by atoms with Gasteiger partial charge in [0.05, 0.1) is 23.5 Å². The van der Waals surface area contributed by atoms with Gasteiger partial charge in [0, 0.05) is 41.8 Å². The van der Waals surface area contributed by atoms with Crippen molar-refractivity contribution in [1.82, 2.24) is 20.0 Å². The van der Waals surface area contributed by atoms with E-state index in [0.29, 0.717) is 11.3 Å². The minimum absolute atomic E-state index is 0.542. The largest absolute Gasteiger partial charge is 0.460 e. The summed E-state index contributed by atoms with van der Waals surface area (Å²) in [5, 5.41) is 17.0. The van der Waals surface area contributed by atoms with Gasteiger partial charge in [-0.3, -0.25) is 4.98 Å². The number of esters is 1. The van der Waals surface area contributed by atoms with Crippen LogP contribution in [0.1, 0.15) is 31.5 Å². The van der Waals surface area contributed by atoms with Gasteiger partial charge in [-0.25, -0.2) is 18.3 Å². The van der Waals surface area contributed by atoms with E-state index in [1.54, 1.807) is 43.5 Å². The molecule has 1 saturated carbocycles. The zero-order valence-corrected chi connectivity index (χ0v) is 19.2. The number of ether oxygens (including phenoxy) is 1. The molecule has 0 amide bonds. The first-order valence-electron chi connectivity index (χ1n) is 11.4. The van der Waals surface area contributed by atoms with E-state index in [-0.39, 0.29) is 0 Å². The Morgan fingerprint density at radius 3 is 2.71 bits per heavy atom. The molecule has 9 heteroatoms. The second kappa shape index (κ2) is 8.38. The van der Waals surface area contributed by atoms with Gasteiger partial charge in [0.25, 0.3) is 5.92 Å². The summed E-state index contributed by atoms with van der Waals surface area (Å²) in [5.41, 5.74) is 1.05. The summed E-state index contributed by atoms with van der Waals surface area (Å²) in [6, 6.07) is 13.0. The van der Waals surface area contributed by atoms with Crippen molar-refractivity contribution in [3.63, 3.8) is 0 Å². The summed E-state index contributed by atoms with van der Waals surface area (Å²) in [4.78, 5) is 17.4. The monoisotopic (exact) mass is 475 g/mol. The average Bonchev–Trinajstić information content (AvgIpc) is 3.47. The molecule has 1 aliphatic carbocycles. The summed E-state index contributed by atoms with van der Waals surface area (Å²) in [6.07, 6.45) is 6.62. The number of fused-ring (bicyclic) bond motifs is 1. The maximum absolute atomic E-state index is 15.3. The highest BCUT2D eigenvalue weighted by atomic mass is 19.3. The fourth-order valence-electron chi connectivity index (χ4n) is 5.54. The zero-order chi connectivity index (χ0) is 24.8. The van der Waals surface area contributed by atoms with Crippen molar-refractivity contribution in [1.29, 1.82) is 5.26 Å². The van der Waals surface area contributed by atoms with Crippen molar-refractivity contribution in [2.75, 3.05) is 0 Å². The minimum Gasteiger partial charge on any atom is -0.460 e. The number of nitriles is 1. The quantitative estimate of drug-likeness (QED) is 0.517. The van der Waals surface area contributed by atoms with E-state index in [2.05, 4.69) is 21.4 Å². The summed E-state index contributed by atoms with van der Waals surface area (Å²) in [5.74, 6) is -6.09. The molecular weight excluding hydrogens is 452 g/mol. The lowest BCUT2D eigenvalue weighted by atomic mass is 9.60. The van der Waals surface area contributed by atoms with E-state index in [9.17, 15) is 10.1 Å². The standard InChI is InChI=1S/C26H23F2N5O2/c1-16-21(10-9-20-8-7-19(14-30-20)22-6-4-3-5-18(22)13-29)23-17(2)35-24(34)25(23,15-26(16,27)28)33-12-11-31-32-33/h3-12,14,16-17,21,23H,15H2,1-2H3/b10-9+/t16-,17+,21-,23-,25-/m0/s1. The number of benzene rings is 1. The van der Waals surface area contributed by atoms with E-state index in [1.165, 1.54) is 24.0 Å². The molecule has 1 aliphatic heterocycles. The van der Waals surface area contributed by atoms with Gasteiger partial charge in [0.2, 0.25) is 0 Å². The van der Waals surface area contributed by atoms with Gasteiger partial charge in [-0.15, -0.1) is 5.10 Å². The Kier molecular flexibility index (Phi) is 5.47. The van der Waals surface area contributed by atoms with Gasteiger partial charge in [-0.05, 0) is 31.1 Å². The second-order valence-electron chi connectivity index (χ2n) is 9.20. The van der Waals surface area contributed by atoms with Crippen molar-refractivity contribution < 1.29 is 18.3 Å². The molecule has 178 valence electrons. The predicted octanol–water partition coefficient (Wildman–Crippen LogP) is 4.47. The molecule has 5 rings (SSSR count). The van der Waals surface area contributed by atoms with Crippen molar-refractivity contribution in [2.45, 2.75) is 37.8 Å². The lowest BCUT2D eigenvalue weighted by molar-refractivity contribution is -0.169. The topological polar surface area (TPSA) is 93.7 Å². The van der Waals surface area contributed by atoms with E-state index in [0.717, 1.165) is 11.1 Å². The van der Waals surface area contributed by atoms with Crippen LogP contribution in [-0.2, 0) is 15.1 Å². The number of hydrogen-bond acceptors (Lipinski definition) is 6. The fraction of sp³-hybridized carbons (Fsp3) is 0.346. The Labute approximate surface area is 201 Å². The van der Waals surface area contributed by atoms with Gasteiger partial charge in [0.15, 0.2) is 5.54 Å². The van der Waals surface area contributed by atoms with Crippen LogP contribution in [0.25, 0.3) is 17.2 Å². The van der Waals surface area contributed by atoms with Crippen LogP contribution in [0.3, 0.4) is 0 Å². The minimum atomic E-state index is -3.13. The van der Waals surface area contributed by atoms with E-state index >= 15 is 8.78 Å². The third-order valence-electron chi connectivity index (χ3n) is 7.33. The Balaban J connectivity index is 1.50. The molecule has 0 spiro atoms. The molecule has 3 heterocycles. The lowest BCUT2D eigenvalue weighted by Crippen LogP contribution is -2.59. The Morgan fingerprint density at radius 1 is 1.23 bits per heavy atom. The number of cyclic esters (lactones) is 1. The van der Waals surface area contributed by atoms with Gasteiger partial charge < -0.3 is 4.74 Å². The first-order valence-corrected chi connectivity index (χ1v) is 11.4. The lowest BCUT2D eigenvalue weighted by Gasteiger charge is -2.47. The molecule has 2 fully saturated rings. The third kappa shape index (κ3) is 3.60. The molecule has 1 saturated heterocycles. The molecule has 1 aromatic carbocycles. The van der Waals surface area contributed by atoms with Crippen LogP contribution in [0.2, 0.25) is 0 Å². The van der Waals surface area contributed by atoms with Gasteiger partial charge in [-0.2, -0.15) is 5.26 Å². The molecule has 35 heavy (non-hydrogen) atoms. The molecule has 2 aromatic heterocycles. The van der Waals surface area contributed by atoms with Crippen LogP contribution in [0.4, 0.5) is 8.78 Å². The second-order valence-corrected chi connectivity index (χ2v) is 9.20. The highest BCUT2D eigenvalue weighted by Crippen LogP contribution is 2.57. The van der Waals surface area contributed by atoms with E-state index in [1.807, 2.05) is 18.2 Å². The average molecular weight is 475 g/mol. The smallest absolute Gasteiger partial charge is 0.335 e. The molecule has 0 N–H and O–H groups in total. The highest BCUT2D eigenvalue weighted by Gasteiger charge is 2.69. The number of alkyl halides is 2. The van der Waals surface area contributed by atoms with E-state index < -0.39 is 47.7 Å². The number of hydrogen-bond donors (Lipinski definition) is 0. The maximum Gasteiger partial charge on any atom is 0.335 e. The van der Waals surface area contributed by atoms with Crippen molar-refractivity contribution >= 4 is 12.0 Å². The Bertz CT molecular complexity index is 1320. The van der Waals surface area contributed by atoms with Crippen molar-refractivity contribution in [3.8, 4) is 17.2 Å². The number of carbonyl (C=O) groups is 1. The van der Waals surface area contributed by atoms with Crippen LogP contribution < -0.4 is 0 Å². The number of carbonyl (C=O) groups excluding carboxylic acids is 1. The van der Waals surface area contributed by atoms with Crippen LogP contribution in [0.15, 0.2) is 61.1 Å². The van der Waals surface area contributed by atoms with Gasteiger partial charge >= 0.3 is 5.97 Å². The zero-order valence-electron chi connectivity index (χ0n) is 19.2. The van der Waals surface area contributed by atoms with Crippen molar-refractivity contribution in [3.05, 3.63) is 72.3 Å². The summed E-state index contributed by atoms with van der Waals surface area (Å²) < 4.78 is 37.4. The normalized spacial score (nSPS) is 29.5. The van der Waals surface area contributed by atoms with Crippen LogP contribution in [0.5, 0.6) is 0 Å². The number of aromatic nitrogens is 4. The number of halogens is 2. The maximum atomic E-state index is 15.3. The summed E-state index contributed by atoms with van der Waals surface area (Å²) in [6.45, 7) is 3.24. The number of nitrogens with zero attached hydrogens (tertiary/aromatic N) is 5. The van der Waals surface area contributed by atoms with Gasteiger partial charge in [0.1, 0.15) is 6.10 Å². The Morgan fingerprint density at radius 2 is 2.03 bits per heavy atom.